The van der Waals surface area contributed by atoms with Crippen LogP contribution in [0.25, 0.3) is 11.3 Å². The van der Waals surface area contributed by atoms with Crippen molar-refractivity contribution in [3.05, 3.63) is 34.7 Å². The Morgan fingerprint density at radius 3 is 2.61 bits per heavy atom. The average molecular weight is 271 g/mol. The van der Waals surface area contributed by atoms with Gasteiger partial charge in [-0.2, -0.15) is 8.78 Å². The highest BCUT2D eigenvalue weighted by molar-refractivity contribution is 7.09. The minimum atomic E-state index is -2.80. The summed E-state index contributed by atoms with van der Waals surface area (Å²) in [6.45, 7) is -2.33. The van der Waals surface area contributed by atoms with Crippen molar-refractivity contribution in [2.45, 2.75) is 13.2 Å². The van der Waals surface area contributed by atoms with E-state index in [1.165, 1.54) is 23.5 Å². The Morgan fingerprint density at radius 2 is 2.00 bits per heavy atom. The summed E-state index contributed by atoms with van der Waals surface area (Å²) in [5.41, 5.74) is 1.66. The number of alkyl halides is 2. The molecule has 0 atom stereocenters. The van der Waals surface area contributed by atoms with Crippen molar-refractivity contribution in [1.82, 2.24) is 4.98 Å². The fraction of sp³-hybridized carbons (Fsp3) is 0.250. The maximum atomic E-state index is 12.0. The van der Waals surface area contributed by atoms with Crippen molar-refractivity contribution < 1.29 is 18.3 Å². The number of rotatable bonds is 5. The molecule has 0 fully saturated rings. The fourth-order valence-corrected chi connectivity index (χ4v) is 2.21. The summed E-state index contributed by atoms with van der Waals surface area (Å²) in [4.78, 5) is 4.37. The summed E-state index contributed by atoms with van der Waals surface area (Å²) >= 11 is 1.50. The van der Waals surface area contributed by atoms with Gasteiger partial charge in [0.1, 0.15) is 10.8 Å². The molecular weight excluding hydrogens is 260 g/mol. The lowest BCUT2D eigenvalue weighted by atomic mass is 10.2. The van der Waals surface area contributed by atoms with Gasteiger partial charge >= 0.3 is 6.61 Å². The highest BCUT2D eigenvalue weighted by Crippen LogP contribution is 2.25. The maximum Gasteiger partial charge on any atom is 0.387 e. The molecule has 0 saturated heterocycles. The topological polar surface area (TPSA) is 31.4 Å². The Bertz CT molecular complexity index is 499. The van der Waals surface area contributed by atoms with Crippen molar-refractivity contribution in [3.63, 3.8) is 0 Å². The Hall–Kier alpha value is -1.53. The monoisotopic (exact) mass is 271 g/mol. The third-order valence-corrected chi connectivity index (χ3v) is 3.02. The molecule has 0 aliphatic carbocycles. The van der Waals surface area contributed by atoms with E-state index in [-0.39, 0.29) is 5.75 Å². The predicted molar refractivity (Wildman–Crippen MR) is 64.9 cm³/mol. The molecule has 18 heavy (non-hydrogen) atoms. The van der Waals surface area contributed by atoms with Crippen LogP contribution in [0.15, 0.2) is 29.6 Å². The van der Waals surface area contributed by atoms with E-state index in [2.05, 4.69) is 9.72 Å². The highest BCUT2D eigenvalue weighted by Gasteiger charge is 2.07. The zero-order valence-electron chi connectivity index (χ0n) is 9.60. The van der Waals surface area contributed by atoms with Crippen LogP contribution in [-0.4, -0.2) is 18.7 Å². The maximum absolute atomic E-state index is 12.0. The molecule has 0 aliphatic rings. The molecule has 0 N–H and O–H groups in total. The lowest BCUT2D eigenvalue weighted by Crippen LogP contribution is -2.01. The van der Waals surface area contributed by atoms with Crippen LogP contribution < -0.4 is 4.74 Å². The van der Waals surface area contributed by atoms with Gasteiger partial charge in [0.15, 0.2) is 0 Å². The number of nitrogens with zero attached hydrogens (tertiary/aromatic N) is 1. The second-order valence-electron chi connectivity index (χ2n) is 3.46. The molecule has 0 spiro atoms. The summed E-state index contributed by atoms with van der Waals surface area (Å²) in [6.07, 6.45) is 0. The average Bonchev–Trinajstić information content (AvgIpc) is 2.78. The molecule has 0 unspecified atom stereocenters. The van der Waals surface area contributed by atoms with Gasteiger partial charge in [0.2, 0.25) is 0 Å². The van der Waals surface area contributed by atoms with Gasteiger partial charge in [0.25, 0.3) is 0 Å². The predicted octanol–water partition coefficient (Wildman–Crippen LogP) is 3.56. The number of hydrogen-bond acceptors (Lipinski definition) is 4. The first-order valence-corrected chi connectivity index (χ1v) is 6.05. The fourth-order valence-electron chi connectivity index (χ4n) is 1.44. The Balaban J connectivity index is 2.12. The molecule has 2 rings (SSSR count). The molecule has 1 heterocycles. The van der Waals surface area contributed by atoms with E-state index >= 15 is 0 Å². The number of aromatic nitrogens is 1. The number of hydrogen-bond donors (Lipinski definition) is 0. The smallest absolute Gasteiger partial charge is 0.387 e. The van der Waals surface area contributed by atoms with Crippen molar-refractivity contribution in [2.24, 2.45) is 0 Å². The van der Waals surface area contributed by atoms with E-state index in [0.29, 0.717) is 6.61 Å². The van der Waals surface area contributed by atoms with E-state index in [9.17, 15) is 8.78 Å². The SMILES string of the molecule is COCc1nc(-c2ccc(OC(F)F)cc2)cs1. The summed E-state index contributed by atoms with van der Waals surface area (Å²) in [5, 5.41) is 2.78. The van der Waals surface area contributed by atoms with Gasteiger partial charge in [0, 0.05) is 18.1 Å². The first kappa shape index (κ1) is 12.9. The molecule has 3 nitrogen and oxygen atoms in total. The van der Waals surface area contributed by atoms with E-state index in [0.717, 1.165) is 16.3 Å². The molecule has 0 radical (unpaired) electrons. The quantitative estimate of drug-likeness (QED) is 0.833. The molecule has 0 aliphatic heterocycles. The van der Waals surface area contributed by atoms with Crippen LogP contribution in [0.2, 0.25) is 0 Å². The minimum absolute atomic E-state index is 0.140. The molecule has 0 saturated carbocycles. The largest absolute Gasteiger partial charge is 0.435 e. The summed E-state index contributed by atoms with van der Waals surface area (Å²) in [6, 6.07) is 6.39. The van der Waals surface area contributed by atoms with Crippen LogP contribution in [0.3, 0.4) is 0 Å². The van der Waals surface area contributed by atoms with Crippen LogP contribution in [-0.2, 0) is 11.3 Å². The van der Waals surface area contributed by atoms with Gasteiger partial charge in [-0.15, -0.1) is 11.3 Å². The molecule has 0 bridgehead atoms. The zero-order valence-corrected chi connectivity index (χ0v) is 10.4. The minimum Gasteiger partial charge on any atom is -0.435 e. The third kappa shape index (κ3) is 3.24. The van der Waals surface area contributed by atoms with Crippen LogP contribution in [0.5, 0.6) is 5.75 Å². The Labute approximate surface area is 107 Å². The Kier molecular flexibility index (Phi) is 4.22. The van der Waals surface area contributed by atoms with Crippen molar-refractivity contribution in [3.8, 4) is 17.0 Å². The second-order valence-corrected chi connectivity index (χ2v) is 4.41. The first-order chi connectivity index (χ1) is 8.69. The van der Waals surface area contributed by atoms with E-state index in [1.807, 2.05) is 5.38 Å². The number of benzene rings is 1. The normalized spacial score (nSPS) is 10.9. The van der Waals surface area contributed by atoms with Crippen LogP contribution >= 0.6 is 11.3 Å². The molecule has 96 valence electrons. The zero-order chi connectivity index (χ0) is 13.0. The van der Waals surface area contributed by atoms with Gasteiger partial charge in [-0.1, -0.05) is 0 Å². The lowest BCUT2D eigenvalue weighted by Gasteiger charge is -2.04. The van der Waals surface area contributed by atoms with Crippen LogP contribution in [0, 0.1) is 0 Å². The number of thiazole rings is 1. The summed E-state index contributed by atoms with van der Waals surface area (Å²) in [7, 11) is 1.61. The third-order valence-electron chi connectivity index (χ3n) is 2.19. The van der Waals surface area contributed by atoms with Gasteiger partial charge in [-0.25, -0.2) is 4.98 Å². The van der Waals surface area contributed by atoms with Gasteiger partial charge in [-0.3, -0.25) is 0 Å². The molecule has 6 heteroatoms. The number of halogens is 2. The standard InChI is InChI=1S/C12H11F2NO2S/c1-16-6-11-15-10(7-18-11)8-2-4-9(5-3-8)17-12(13)14/h2-5,7,12H,6H2,1H3. The van der Waals surface area contributed by atoms with Crippen molar-refractivity contribution in [2.75, 3.05) is 7.11 Å². The number of ether oxygens (including phenoxy) is 2. The Morgan fingerprint density at radius 1 is 1.28 bits per heavy atom. The summed E-state index contributed by atoms with van der Waals surface area (Å²) < 4.78 is 33.2. The molecule has 1 aromatic carbocycles. The summed E-state index contributed by atoms with van der Waals surface area (Å²) in [5.74, 6) is 0.140. The van der Waals surface area contributed by atoms with Gasteiger partial charge in [-0.05, 0) is 24.3 Å². The van der Waals surface area contributed by atoms with Crippen LogP contribution in [0.1, 0.15) is 5.01 Å². The highest BCUT2D eigenvalue weighted by atomic mass is 32.1. The van der Waals surface area contributed by atoms with Gasteiger partial charge < -0.3 is 9.47 Å². The van der Waals surface area contributed by atoms with Gasteiger partial charge in [0.05, 0.1) is 12.3 Å². The molecular formula is C12H11F2NO2S. The van der Waals surface area contributed by atoms with E-state index < -0.39 is 6.61 Å². The molecule has 0 amide bonds. The van der Waals surface area contributed by atoms with Crippen molar-refractivity contribution >= 4 is 11.3 Å². The van der Waals surface area contributed by atoms with Crippen molar-refractivity contribution in [1.29, 1.82) is 0 Å². The molecule has 1 aromatic heterocycles. The molecule has 2 aromatic rings. The second kappa shape index (κ2) is 5.88. The number of methoxy groups -OCH3 is 1. The van der Waals surface area contributed by atoms with E-state index in [1.54, 1.807) is 19.2 Å². The van der Waals surface area contributed by atoms with E-state index in [4.69, 9.17) is 4.74 Å². The first-order valence-electron chi connectivity index (χ1n) is 5.17. The lowest BCUT2D eigenvalue weighted by molar-refractivity contribution is -0.0498. The van der Waals surface area contributed by atoms with Crippen LogP contribution in [0.4, 0.5) is 8.78 Å².